The van der Waals surface area contributed by atoms with Crippen molar-refractivity contribution in [1.82, 2.24) is 24.6 Å². The number of hydrogen-bond acceptors (Lipinski definition) is 4. The van der Waals surface area contributed by atoms with Crippen LogP contribution in [-0.4, -0.2) is 24.4 Å². The molecule has 0 radical (unpaired) electrons. The Balaban J connectivity index is 1.79. The summed E-state index contributed by atoms with van der Waals surface area (Å²) in [5, 5.41) is 19.7. The summed E-state index contributed by atoms with van der Waals surface area (Å²) in [7, 11) is 1.89. The smallest absolute Gasteiger partial charge is 0.252 e. The number of fused-ring (bicyclic) bond motifs is 1. The lowest BCUT2D eigenvalue weighted by molar-refractivity contribution is 0.138. The highest BCUT2D eigenvalue weighted by Gasteiger charge is 2.20. The van der Waals surface area contributed by atoms with Gasteiger partial charge in [-0.05, 0) is 69.5 Å². The van der Waals surface area contributed by atoms with Gasteiger partial charge < -0.3 is 14.7 Å². The van der Waals surface area contributed by atoms with Crippen LogP contribution in [0.5, 0.6) is 0 Å². The Morgan fingerprint density at radius 1 is 1.09 bits per heavy atom. The van der Waals surface area contributed by atoms with E-state index in [2.05, 4.69) is 53.0 Å². The fourth-order valence-electron chi connectivity index (χ4n) is 4.41. The van der Waals surface area contributed by atoms with Crippen molar-refractivity contribution in [2.45, 2.75) is 53.4 Å². The van der Waals surface area contributed by atoms with E-state index >= 15 is 0 Å². The predicted molar refractivity (Wildman–Crippen MR) is 128 cm³/mol. The third kappa shape index (κ3) is 4.01. The molecule has 3 heterocycles. The standard InChI is InChI=1S/C25H31N5O2/c1-14(2)30-12-16(4)23-20(8-18(9-22(23)30)19-10-27-29(6)13-19)24(31)26-11-21-15(3)7-17(5)28-25(21)32/h7-10,12-14,24,26,31H,11H2,1-6H3,(H,28,32). The second kappa shape index (κ2) is 8.41. The molecule has 7 nitrogen and oxygen atoms in total. The van der Waals surface area contributed by atoms with Crippen LogP contribution in [0.4, 0.5) is 0 Å². The van der Waals surface area contributed by atoms with Gasteiger partial charge >= 0.3 is 0 Å². The number of aliphatic hydroxyl groups is 1. The highest BCUT2D eigenvalue weighted by Crippen LogP contribution is 2.35. The first-order chi connectivity index (χ1) is 15.2. The molecule has 1 unspecified atom stereocenters. The third-order valence-electron chi connectivity index (χ3n) is 6.01. The van der Waals surface area contributed by atoms with Gasteiger partial charge in [0.05, 0.1) is 6.20 Å². The van der Waals surface area contributed by atoms with E-state index in [0.29, 0.717) is 5.56 Å². The average molecular weight is 434 g/mol. The SMILES string of the molecule is Cc1cc(C)c(CNC(O)c2cc(-c3cnn(C)c3)cc3c2c(C)cn3C(C)C)c(=O)[nH]1. The lowest BCUT2D eigenvalue weighted by Crippen LogP contribution is -2.26. The molecule has 0 saturated carbocycles. The van der Waals surface area contributed by atoms with Crippen molar-refractivity contribution < 1.29 is 5.11 Å². The number of aryl methyl sites for hydroxylation is 4. The van der Waals surface area contributed by atoms with Crippen LogP contribution in [0.2, 0.25) is 0 Å². The Morgan fingerprint density at radius 3 is 2.47 bits per heavy atom. The molecule has 0 aliphatic rings. The van der Waals surface area contributed by atoms with Gasteiger partial charge in [-0.15, -0.1) is 0 Å². The summed E-state index contributed by atoms with van der Waals surface area (Å²) >= 11 is 0. The van der Waals surface area contributed by atoms with Gasteiger partial charge in [-0.2, -0.15) is 5.10 Å². The predicted octanol–water partition coefficient (Wildman–Crippen LogP) is 4.02. The second-order valence-corrected chi connectivity index (χ2v) is 8.90. The molecule has 0 bridgehead atoms. The second-order valence-electron chi connectivity index (χ2n) is 8.90. The molecule has 0 aliphatic heterocycles. The van der Waals surface area contributed by atoms with Crippen molar-refractivity contribution in [2.24, 2.45) is 7.05 Å². The number of aliphatic hydroxyl groups excluding tert-OH is 1. The molecule has 4 rings (SSSR count). The van der Waals surface area contributed by atoms with Gasteiger partial charge in [0.1, 0.15) is 6.23 Å². The van der Waals surface area contributed by atoms with Crippen LogP contribution in [0, 0.1) is 20.8 Å². The summed E-state index contributed by atoms with van der Waals surface area (Å²) < 4.78 is 4.00. The number of hydrogen-bond donors (Lipinski definition) is 3. The summed E-state index contributed by atoms with van der Waals surface area (Å²) in [5.74, 6) is 0. The van der Waals surface area contributed by atoms with Crippen molar-refractivity contribution in [2.75, 3.05) is 0 Å². The normalized spacial score (nSPS) is 12.8. The van der Waals surface area contributed by atoms with Crippen LogP contribution in [0.1, 0.15) is 54.1 Å². The van der Waals surface area contributed by atoms with E-state index in [9.17, 15) is 9.90 Å². The summed E-state index contributed by atoms with van der Waals surface area (Å²) in [5.41, 5.74) is 7.18. The molecule has 0 saturated heterocycles. The van der Waals surface area contributed by atoms with Gasteiger partial charge in [-0.1, -0.05) is 0 Å². The number of pyridine rings is 1. The van der Waals surface area contributed by atoms with Gasteiger partial charge in [0.25, 0.3) is 5.56 Å². The molecule has 4 aromatic rings. The first-order valence-corrected chi connectivity index (χ1v) is 10.9. The number of H-pyrrole nitrogens is 1. The molecule has 0 aliphatic carbocycles. The molecule has 168 valence electrons. The molecule has 3 N–H and O–H groups in total. The van der Waals surface area contributed by atoms with Gasteiger partial charge in [0, 0.05) is 65.3 Å². The van der Waals surface area contributed by atoms with Crippen molar-refractivity contribution in [3.05, 3.63) is 75.1 Å². The molecule has 1 aromatic carbocycles. The van der Waals surface area contributed by atoms with E-state index in [1.165, 1.54) is 0 Å². The minimum atomic E-state index is -0.934. The van der Waals surface area contributed by atoms with Crippen molar-refractivity contribution in [3.63, 3.8) is 0 Å². The maximum atomic E-state index is 12.4. The molecular formula is C25H31N5O2. The van der Waals surface area contributed by atoms with Crippen LogP contribution >= 0.6 is 0 Å². The number of benzene rings is 1. The summed E-state index contributed by atoms with van der Waals surface area (Å²) in [4.78, 5) is 15.2. The molecule has 1 atom stereocenters. The third-order valence-corrected chi connectivity index (χ3v) is 6.01. The van der Waals surface area contributed by atoms with Gasteiger partial charge in [0.15, 0.2) is 0 Å². The van der Waals surface area contributed by atoms with Crippen LogP contribution in [-0.2, 0) is 13.6 Å². The number of aromatic amines is 1. The van der Waals surface area contributed by atoms with Gasteiger partial charge in [-0.3, -0.25) is 14.8 Å². The van der Waals surface area contributed by atoms with E-state index in [1.807, 2.05) is 45.4 Å². The minimum Gasteiger partial charge on any atom is -0.374 e. The van der Waals surface area contributed by atoms with Crippen molar-refractivity contribution in [3.8, 4) is 11.1 Å². The topological polar surface area (TPSA) is 87.9 Å². The molecule has 0 amide bonds. The van der Waals surface area contributed by atoms with Crippen molar-refractivity contribution in [1.29, 1.82) is 0 Å². The first kappa shape index (κ1) is 22.0. The fourth-order valence-corrected chi connectivity index (χ4v) is 4.41. The van der Waals surface area contributed by atoms with Crippen LogP contribution in [0.25, 0.3) is 22.0 Å². The molecule has 32 heavy (non-hydrogen) atoms. The van der Waals surface area contributed by atoms with Gasteiger partial charge in [-0.25, -0.2) is 0 Å². The Hall–Kier alpha value is -3.16. The first-order valence-electron chi connectivity index (χ1n) is 10.9. The van der Waals surface area contributed by atoms with Crippen LogP contribution in [0.15, 0.2) is 41.6 Å². The number of nitrogens with one attached hydrogen (secondary N) is 2. The number of aromatic nitrogens is 4. The van der Waals surface area contributed by atoms with E-state index in [0.717, 1.165) is 44.4 Å². The quantitative estimate of drug-likeness (QED) is 0.401. The molecule has 0 fully saturated rings. The van der Waals surface area contributed by atoms with Crippen LogP contribution in [0.3, 0.4) is 0 Å². The Labute approximate surface area is 187 Å². The zero-order valence-electron chi connectivity index (χ0n) is 19.5. The highest BCUT2D eigenvalue weighted by molar-refractivity contribution is 5.91. The molecule has 3 aromatic heterocycles. The maximum Gasteiger partial charge on any atom is 0.252 e. The number of nitrogens with zero attached hydrogens (tertiary/aromatic N) is 3. The maximum absolute atomic E-state index is 12.4. The lowest BCUT2D eigenvalue weighted by atomic mass is 9.99. The largest absolute Gasteiger partial charge is 0.374 e. The lowest BCUT2D eigenvalue weighted by Gasteiger charge is -2.18. The van der Waals surface area contributed by atoms with E-state index in [1.54, 1.807) is 4.68 Å². The number of rotatable bonds is 6. The minimum absolute atomic E-state index is 0.126. The fraction of sp³-hybridized carbons (Fsp3) is 0.360. The van der Waals surface area contributed by atoms with Crippen LogP contribution < -0.4 is 10.9 Å². The summed E-state index contributed by atoms with van der Waals surface area (Å²) in [6, 6.07) is 6.39. The van der Waals surface area contributed by atoms with E-state index < -0.39 is 6.23 Å². The molecule has 7 heteroatoms. The Bertz CT molecular complexity index is 1340. The van der Waals surface area contributed by atoms with Gasteiger partial charge in [0.2, 0.25) is 0 Å². The zero-order valence-corrected chi connectivity index (χ0v) is 19.5. The highest BCUT2D eigenvalue weighted by atomic mass is 16.3. The molecule has 0 spiro atoms. The average Bonchev–Trinajstić information content (AvgIpc) is 3.30. The monoisotopic (exact) mass is 433 g/mol. The Kier molecular flexibility index (Phi) is 5.79. The Morgan fingerprint density at radius 2 is 1.84 bits per heavy atom. The summed E-state index contributed by atoms with van der Waals surface area (Å²) in [6.45, 7) is 10.4. The van der Waals surface area contributed by atoms with E-state index in [-0.39, 0.29) is 18.1 Å². The summed E-state index contributed by atoms with van der Waals surface area (Å²) in [6.07, 6.45) is 4.99. The van der Waals surface area contributed by atoms with Crippen molar-refractivity contribution >= 4 is 10.9 Å². The zero-order chi connectivity index (χ0) is 23.2. The molecular weight excluding hydrogens is 402 g/mol. The van der Waals surface area contributed by atoms with E-state index in [4.69, 9.17) is 0 Å².